The SMILES string of the molecule is CN(C(=N)SC(=N)c1ccc(-c2ccc(N)nc2)cc1F)C1CC(C)(C)NC(C)(C)C1. The largest absolute Gasteiger partial charge is 0.384 e. The van der Waals surface area contributed by atoms with Crippen LogP contribution < -0.4 is 11.1 Å². The van der Waals surface area contributed by atoms with Crippen LogP contribution in [-0.2, 0) is 0 Å². The van der Waals surface area contributed by atoms with Crippen LogP contribution in [0.5, 0.6) is 0 Å². The fourth-order valence-corrected chi connectivity index (χ4v) is 5.15. The summed E-state index contributed by atoms with van der Waals surface area (Å²) < 4.78 is 14.8. The van der Waals surface area contributed by atoms with Crippen molar-refractivity contribution in [1.82, 2.24) is 15.2 Å². The minimum atomic E-state index is -0.494. The van der Waals surface area contributed by atoms with Gasteiger partial charge in [0, 0.05) is 41.5 Å². The number of piperidine rings is 1. The van der Waals surface area contributed by atoms with Gasteiger partial charge >= 0.3 is 0 Å². The highest BCUT2D eigenvalue weighted by molar-refractivity contribution is 8.26. The standard InChI is InChI=1S/C23H31FN6S/c1-22(2)11-16(12-23(3,4)29-22)30(5)21(27)31-20(26)17-8-6-14(10-18(17)24)15-7-9-19(25)28-13-15/h6-10,13,16,26-27,29H,11-12H2,1-5H3,(H2,25,28). The molecule has 1 aliphatic rings. The Morgan fingerprint density at radius 2 is 1.74 bits per heavy atom. The maximum Gasteiger partial charge on any atom is 0.162 e. The lowest BCUT2D eigenvalue weighted by molar-refractivity contribution is 0.114. The maximum absolute atomic E-state index is 14.8. The molecule has 0 aliphatic carbocycles. The lowest BCUT2D eigenvalue weighted by Crippen LogP contribution is -2.62. The predicted octanol–water partition coefficient (Wildman–Crippen LogP) is 4.70. The van der Waals surface area contributed by atoms with E-state index in [2.05, 4.69) is 38.0 Å². The molecule has 3 rings (SSSR count). The average Bonchev–Trinajstić information content (AvgIpc) is 2.65. The van der Waals surface area contributed by atoms with Gasteiger partial charge in [-0.25, -0.2) is 9.37 Å². The third-order valence-electron chi connectivity index (χ3n) is 5.57. The van der Waals surface area contributed by atoms with Crippen molar-refractivity contribution < 1.29 is 4.39 Å². The third kappa shape index (κ3) is 5.62. The molecule has 0 saturated carbocycles. The molecule has 1 aliphatic heterocycles. The number of halogens is 1. The van der Waals surface area contributed by atoms with Gasteiger partial charge in [-0.05, 0) is 82.1 Å². The number of nitrogens with two attached hydrogens (primary N) is 1. The van der Waals surface area contributed by atoms with Crippen LogP contribution in [0, 0.1) is 16.6 Å². The molecule has 2 aromatic rings. The van der Waals surface area contributed by atoms with E-state index in [1.54, 1.807) is 30.5 Å². The summed E-state index contributed by atoms with van der Waals surface area (Å²) in [6, 6.07) is 8.35. The summed E-state index contributed by atoms with van der Waals surface area (Å²) in [5.74, 6) is -0.0893. The lowest BCUT2D eigenvalue weighted by atomic mass is 9.79. The Morgan fingerprint density at radius 3 is 2.29 bits per heavy atom. The molecule has 1 saturated heterocycles. The zero-order valence-electron chi connectivity index (χ0n) is 18.7. The van der Waals surface area contributed by atoms with Crippen LogP contribution in [0.1, 0.15) is 46.1 Å². The molecule has 0 radical (unpaired) electrons. The Kier molecular flexibility index (Phi) is 6.43. The number of aromatic nitrogens is 1. The number of anilines is 1. The summed E-state index contributed by atoms with van der Waals surface area (Å²) in [5, 5.41) is 20.8. The Balaban J connectivity index is 1.70. The first-order chi connectivity index (χ1) is 14.4. The third-order valence-corrected chi connectivity index (χ3v) is 6.47. The van der Waals surface area contributed by atoms with Gasteiger partial charge in [0.1, 0.15) is 16.7 Å². The topological polar surface area (TPSA) is 102 Å². The summed E-state index contributed by atoms with van der Waals surface area (Å²) in [7, 11) is 1.89. The van der Waals surface area contributed by atoms with Crippen molar-refractivity contribution in [2.75, 3.05) is 12.8 Å². The molecule has 1 fully saturated rings. The van der Waals surface area contributed by atoms with E-state index in [4.69, 9.17) is 16.6 Å². The highest BCUT2D eigenvalue weighted by Crippen LogP contribution is 2.32. The zero-order chi connectivity index (χ0) is 23.0. The van der Waals surface area contributed by atoms with Gasteiger partial charge < -0.3 is 16.0 Å². The van der Waals surface area contributed by atoms with Crippen LogP contribution in [0.25, 0.3) is 11.1 Å². The summed E-state index contributed by atoms with van der Waals surface area (Å²) in [6.07, 6.45) is 3.38. The van der Waals surface area contributed by atoms with E-state index in [1.165, 1.54) is 6.07 Å². The molecule has 8 heteroatoms. The molecule has 0 atom stereocenters. The van der Waals surface area contributed by atoms with Crippen molar-refractivity contribution >= 4 is 27.8 Å². The summed E-state index contributed by atoms with van der Waals surface area (Å²) >= 11 is 0.976. The number of nitrogen functional groups attached to an aromatic ring is 1. The number of thioether (sulfide) groups is 1. The highest BCUT2D eigenvalue weighted by atomic mass is 32.2. The molecule has 0 unspecified atom stereocenters. The van der Waals surface area contributed by atoms with Gasteiger partial charge in [-0.1, -0.05) is 6.07 Å². The predicted molar refractivity (Wildman–Crippen MR) is 128 cm³/mol. The van der Waals surface area contributed by atoms with E-state index >= 15 is 0 Å². The van der Waals surface area contributed by atoms with Gasteiger partial charge in [-0.3, -0.25) is 10.8 Å². The van der Waals surface area contributed by atoms with Gasteiger partial charge in [0.15, 0.2) is 5.17 Å². The maximum atomic E-state index is 14.8. The molecular formula is C23H31FN6S. The van der Waals surface area contributed by atoms with E-state index in [-0.39, 0.29) is 32.9 Å². The van der Waals surface area contributed by atoms with Crippen molar-refractivity contribution in [3.63, 3.8) is 0 Å². The molecular weight excluding hydrogens is 411 g/mol. The quantitative estimate of drug-likeness (QED) is 0.407. The lowest BCUT2D eigenvalue weighted by Gasteiger charge is -2.49. The van der Waals surface area contributed by atoms with Crippen molar-refractivity contribution in [3.05, 3.63) is 47.9 Å². The Labute approximate surface area is 187 Å². The smallest absolute Gasteiger partial charge is 0.162 e. The number of nitrogens with one attached hydrogen (secondary N) is 3. The second-order valence-electron chi connectivity index (χ2n) is 9.47. The van der Waals surface area contributed by atoms with Crippen molar-refractivity contribution in [2.45, 2.75) is 57.7 Å². The number of nitrogens with zero attached hydrogens (tertiary/aromatic N) is 2. The first-order valence-electron chi connectivity index (χ1n) is 10.3. The summed E-state index contributed by atoms with van der Waals surface area (Å²) in [5.41, 5.74) is 7.12. The van der Waals surface area contributed by atoms with Crippen molar-refractivity contribution in [3.8, 4) is 11.1 Å². The van der Waals surface area contributed by atoms with E-state index < -0.39 is 5.82 Å². The number of amidine groups is 1. The van der Waals surface area contributed by atoms with Gasteiger partial charge in [-0.2, -0.15) is 0 Å². The zero-order valence-corrected chi connectivity index (χ0v) is 19.5. The number of benzene rings is 1. The molecule has 31 heavy (non-hydrogen) atoms. The second-order valence-corrected chi connectivity index (χ2v) is 10.5. The fourth-order valence-electron chi connectivity index (χ4n) is 4.39. The normalized spacial score (nSPS) is 17.9. The number of hydrogen-bond donors (Lipinski definition) is 4. The number of pyridine rings is 1. The minimum Gasteiger partial charge on any atom is -0.384 e. The molecule has 0 spiro atoms. The first kappa shape index (κ1) is 23.2. The van der Waals surface area contributed by atoms with Crippen molar-refractivity contribution in [1.29, 1.82) is 10.8 Å². The Hall–Kier alpha value is -2.45. The second kappa shape index (κ2) is 8.59. The van der Waals surface area contributed by atoms with Gasteiger partial charge in [0.05, 0.1) is 0 Å². The molecule has 0 amide bonds. The molecule has 5 N–H and O–H groups in total. The van der Waals surface area contributed by atoms with E-state index in [0.29, 0.717) is 11.4 Å². The minimum absolute atomic E-state index is 0.0174. The van der Waals surface area contributed by atoms with E-state index in [0.717, 1.165) is 30.2 Å². The Morgan fingerprint density at radius 1 is 1.13 bits per heavy atom. The van der Waals surface area contributed by atoms with E-state index in [9.17, 15) is 4.39 Å². The molecule has 1 aromatic carbocycles. The first-order valence-corrected chi connectivity index (χ1v) is 11.1. The van der Waals surface area contributed by atoms with Crippen LogP contribution in [-0.4, -0.2) is 44.3 Å². The molecule has 0 bridgehead atoms. The van der Waals surface area contributed by atoms with Crippen LogP contribution >= 0.6 is 11.8 Å². The number of hydrogen-bond acceptors (Lipinski definition) is 6. The van der Waals surface area contributed by atoms with Gasteiger partial charge in [0.25, 0.3) is 0 Å². The monoisotopic (exact) mass is 442 g/mol. The Bertz CT molecular complexity index is 970. The van der Waals surface area contributed by atoms with Crippen LogP contribution in [0.4, 0.5) is 10.2 Å². The summed E-state index contributed by atoms with van der Waals surface area (Å²) in [6.45, 7) is 8.67. The van der Waals surface area contributed by atoms with Crippen LogP contribution in [0.2, 0.25) is 0 Å². The van der Waals surface area contributed by atoms with E-state index in [1.807, 2.05) is 11.9 Å². The molecule has 2 heterocycles. The van der Waals surface area contributed by atoms with Crippen LogP contribution in [0.3, 0.4) is 0 Å². The average molecular weight is 443 g/mol. The molecule has 1 aromatic heterocycles. The van der Waals surface area contributed by atoms with Gasteiger partial charge in [-0.15, -0.1) is 0 Å². The molecule has 166 valence electrons. The molecule has 6 nitrogen and oxygen atoms in total. The number of rotatable bonds is 3. The van der Waals surface area contributed by atoms with Crippen molar-refractivity contribution in [2.24, 2.45) is 0 Å². The highest BCUT2D eigenvalue weighted by Gasteiger charge is 2.39. The van der Waals surface area contributed by atoms with Crippen LogP contribution in [0.15, 0.2) is 36.5 Å². The fraction of sp³-hybridized carbons (Fsp3) is 0.435. The summed E-state index contributed by atoms with van der Waals surface area (Å²) in [4.78, 5) is 5.95. The van der Waals surface area contributed by atoms with Gasteiger partial charge in [0.2, 0.25) is 0 Å².